The van der Waals surface area contributed by atoms with Crippen LogP contribution in [0.2, 0.25) is 0 Å². The van der Waals surface area contributed by atoms with Gasteiger partial charge in [-0.05, 0) is 68.4 Å². The minimum atomic E-state index is -1.19. The molecule has 4 aromatic heterocycles. The van der Waals surface area contributed by atoms with Gasteiger partial charge in [-0.3, -0.25) is 9.89 Å². The summed E-state index contributed by atoms with van der Waals surface area (Å²) in [5.41, 5.74) is 1.50. The molecule has 3 atom stereocenters. The van der Waals surface area contributed by atoms with E-state index in [1.165, 1.54) is 10.9 Å². The molecule has 1 saturated carbocycles. The second kappa shape index (κ2) is 9.75. The number of Topliss-reactive ketones (excluding diaryl/α,β-unsaturated/α-hetero) is 1. The molecule has 0 aromatic carbocycles. The topological polar surface area (TPSA) is 122 Å². The van der Waals surface area contributed by atoms with Crippen LogP contribution in [-0.2, 0) is 10.4 Å². The minimum Gasteiger partial charge on any atom is -0.384 e. The van der Waals surface area contributed by atoms with Gasteiger partial charge in [-0.2, -0.15) is 10.2 Å². The summed E-state index contributed by atoms with van der Waals surface area (Å²) < 4.78 is 14.6. The Morgan fingerprint density at radius 3 is 2.68 bits per heavy atom. The first-order chi connectivity index (χ1) is 18.0. The molecule has 0 radical (unpaired) electrons. The SMILES string of the molecule is Cc1cc(Nc2cc(C)[nH]n2)nc([C@]2(O)CC[C@@](C)(C(=O)C[C@@H](C)c3ccc(-n4cc(F)cn4)nc3)C2)c1. The number of halogens is 1. The highest BCUT2D eigenvalue weighted by Gasteiger charge is 2.50. The van der Waals surface area contributed by atoms with Gasteiger partial charge in [0.2, 0.25) is 0 Å². The number of carbonyl (C=O) groups is 1. The molecule has 0 amide bonds. The predicted molar refractivity (Wildman–Crippen MR) is 141 cm³/mol. The van der Waals surface area contributed by atoms with Gasteiger partial charge in [-0.1, -0.05) is 19.9 Å². The normalized spacial score (nSPS) is 21.9. The van der Waals surface area contributed by atoms with Crippen molar-refractivity contribution in [1.29, 1.82) is 0 Å². The van der Waals surface area contributed by atoms with E-state index in [1.54, 1.807) is 12.3 Å². The number of rotatable bonds is 8. The Morgan fingerprint density at radius 1 is 1.21 bits per heavy atom. The summed E-state index contributed by atoms with van der Waals surface area (Å²) >= 11 is 0. The van der Waals surface area contributed by atoms with Crippen LogP contribution < -0.4 is 5.32 Å². The molecule has 0 aliphatic heterocycles. The summed E-state index contributed by atoms with van der Waals surface area (Å²) in [7, 11) is 0. The Balaban J connectivity index is 1.27. The van der Waals surface area contributed by atoms with Crippen LogP contribution in [0.15, 0.2) is 48.9 Å². The van der Waals surface area contributed by atoms with Crippen molar-refractivity contribution in [2.45, 2.75) is 64.9 Å². The molecule has 3 N–H and O–H groups in total. The largest absolute Gasteiger partial charge is 0.384 e. The number of pyridine rings is 2. The van der Waals surface area contributed by atoms with Crippen molar-refractivity contribution in [2.24, 2.45) is 5.41 Å². The van der Waals surface area contributed by atoms with Gasteiger partial charge >= 0.3 is 0 Å². The number of aromatic nitrogens is 6. The van der Waals surface area contributed by atoms with Gasteiger partial charge in [0.25, 0.3) is 0 Å². The number of hydrogen-bond donors (Lipinski definition) is 3. The highest BCUT2D eigenvalue weighted by Crippen LogP contribution is 2.50. The summed E-state index contributed by atoms with van der Waals surface area (Å²) in [6.07, 6.45) is 5.76. The van der Waals surface area contributed by atoms with Crippen molar-refractivity contribution in [1.82, 2.24) is 29.9 Å². The number of H-pyrrole nitrogens is 1. The number of aliphatic hydroxyl groups is 1. The lowest BCUT2D eigenvalue weighted by Crippen LogP contribution is -2.31. The summed E-state index contributed by atoms with van der Waals surface area (Å²) in [4.78, 5) is 22.6. The first-order valence-corrected chi connectivity index (χ1v) is 12.7. The van der Waals surface area contributed by atoms with Crippen molar-refractivity contribution in [3.05, 3.63) is 77.3 Å². The second-order valence-electron chi connectivity index (χ2n) is 10.8. The van der Waals surface area contributed by atoms with Crippen LogP contribution in [0.4, 0.5) is 16.0 Å². The quantitative estimate of drug-likeness (QED) is 0.300. The predicted octanol–water partition coefficient (Wildman–Crippen LogP) is 5.03. The van der Waals surface area contributed by atoms with E-state index in [9.17, 15) is 14.3 Å². The Labute approximate surface area is 220 Å². The van der Waals surface area contributed by atoms with Crippen LogP contribution in [0, 0.1) is 25.1 Å². The molecule has 1 aliphatic rings. The zero-order valence-corrected chi connectivity index (χ0v) is 22.0. The van der Waals surface area contributed by atoms with E-state index in [0.717, 1.165) is 23.0 Å². The Bertz CT molecular complexity index is 1460. The number of aryl methyl sites for hydroxylation is 2. The Morgan fingerprint density at radius 2 is 2.03 bits per heavy atom. The number of hydrogen-bond acceptors (Lipinski definition) is 7. The van der Waals surface area contributed by atoms with Crippen LogP contribution in [0.3, 0.4) is 0 Å². The molecule has 1 aliphatic carbocycles. The van der Waals surface area contributed by atoms with E-state index in [-0.39, 0.29) is 11.7 Å². The molecule has 4 aromatic rings. The van der Waals surface area contributed by atoms with Crippen LogP contribution in [0.5, 0.6) is 0 Å². The lowest BCUT2D eigenvalue weighted by atomic mass is 9.78. The van der Waals surface area contributed by atoms with Crippen molar-refractivity contribution in [3.63, 3.8) is 0 Å². The van der Waals surface area contributed by atoms with Gasteiger partial charge < -0.3 is 10.4 Å². The van der Waals surface area contributed by atoms with Gasteiger partial charge in [-0.25, -0.2) is 19.0 Å². The molecule has 1 fully saturated rings. The lowest BCUT2D eigenvalue weighted by Gasteiger charge is -2.28. The molecule has 198 valence electrons. The summed E-state index contributed by atoms with van der Waals surface area (Å²) in [5, 5.41) is 25.9. The molecule has 0 spiro atoms. The van der Waals surface area contributed by atoms with Crippen molar-refractivity contribution < 1.29 is 14.3 Å². The molecule has 0 bridgehead atoms. The monoisotopic (exact) mass is 517 g/mol. The van der Waals surface area contributed by atoms with Crippen LogP contribution >= 0.6 is 0 Å². The third-order valence-corrected chi connectivity index (χ3v) is 7.47. The highest BCUT2D eigenvalue weighted by molar-refractivity contribution is 5.85. The van der Waals surface area contributed by atoms with Gasteiger partial charge in [0.05, 0.1) is 18.1 Å². The number of nitrogens with zero attached hydrogens (tertiary/aromatic N) is 5. The average molecular weight is 518 g/mol. The first kappa shape index (κ1) is 25.7. The minimum absolute atomic E-state index is 0.0610. The maximum atomic E-state index is 13.5. The maximum absolute atomic E-state index is 13.5. The molecule has 5 rings (SSSR count). The van der Waals surface area contributed by atoms with Crippen molar-refractivity contribution in [3.8, 4) is 5.82 Å². The first-order valence-electron chi connectivity index (χ1n) is 12.7. The van der Waals surface area contributed by atoms with Crippen LogP contribution in [-0.4, -0.2) is 40.8 Å². The summed E-state index contributed by atoms with van der Waals surface area (Å²) in [6.45, 7) is 7.81. The fraction of sp³-hybridized carbons (Fsp3) is 0.393. The average Bonchev–Trinajstić information content (AvgIpc) is 3.58. The molecule has 0 unspecified atom stereocenters. The van der Waals surface area contributed by atoms with E-state index < -0.39 is 16.8 Å². The van der Waals surface area contributed by atoms with E-state index in [0.29, 0.717) is 48.8 Å². The molecular formula is C28H32FN7O2. The highest BCUT2D eigenvalue weighted by atomic mass is 19.1. The van der Waals surface area contributed by atoms with E-state index in [1.807, 2.05) is 52.0 Å². The summed E-state index contributed by atoms with van der Waals surface area (Å²) in [5.74, 6) is 1.37. The molecule has 0 saturated heterocycles. The number of ketones is 1. The van der Waals surface area contributed by atoms with Gasteiger partial charge in [0.1, 0.15) is 17.2 Å². The van der Waals surface area contributed by atoms with Crippen LogP contribution in [0.1, 0.15) is 68.0 Å². The van der Waals surface area contributed by atoms with Crippen LogP contribution in [0.25, 0.3) is 5.82 Å². The number of nitrogens with one attached hydrogen (secondary N) is 2. The lowest BCUT2D eigenvalue weighted by molar-refractivity contribution is -0.129. The molecular weight excluding hydrogens is 485 g/mol. The Kier molecular flexibility index (Phi) is 6.60. The van der Waals surface area contributed by atoms with Gasteiger partial charge in [0, 0.05) is 29.8 Å². The van der Waals surface area contributed by atoms with Gasteiger partial charge in [0.15, 0.2) is 17.5 Å². The zero-order chi connectivity index (χ0) is 27.1. The second-order valence-corrected chi connectivity index (χ2v) is 10.8. The molecule has 9 nitrogen and oxygen atoms in total. The number of aromatic amines is 1. The molecule has 38 heavy (non-hydrogen) atoms. The Hall–Kier alpha value is -3.92. The van der Waals surface area contributed by atoms with E-state index in [2.05, 4.69) is 25.6 Å². The zero-order valence-electron chi connectivity index (χ0n) is 22.0. The summed E-state index contributed by atoms with van der Waals surface area (Å²) in [6, 6.07) is 9.32. The van der Waals surface area contributed by atoms with E-state index >= 15 is 0 Å². The maximum Gasteiger partial charge on any atom is 0.161 e. The smallest absolute Gasteiger partial charge is 0.161 e. The standard InChI is InChI=1S/C28H32FN7O2/c1-17-9-22(32-24(10-17)33-25-12-19(3)34-35-25)28(38)8-7-27(4,16-28)23(37)11-18(2)20-5-6-26(30-13-20)36-15-21(29)14-31-36/h5-6,9-10,12-15,18,38H,7-8,11,16H2,1-4H3,(H2,32,33,34,35)/t18-,27-,28+/m1/s1. The van der Waals surface area contributed by atoms with E-state index in [4.69, 9.17) is 4.98 Å². The third kappa shape index (κ3) is 5.22. The fourth-order valence-corrected chi connectivity index (χ4v) is 5.24. The number of carbonyl (C=O) groups excluding carboxylic acids is 1. The third-order valence-electron chi connectivity index (χ3n) is 7.47. The van der Waals surface area contributed by atoms with Crippen molar-refractivity contribution >= 4 is 17.4 Å². The van der Waals surface area contributed by atoms with Gasteiger partial charge in [-0.15, -0.1) is 0 Å². The fourth-order valence-electron chi connectivity index (χ4n) is 5.24. The molecule has 4 heterocycles. The molecule has 10 heteroatoms. The van der Waals surface area contributed by atoms with Crippen molar-refractivity contribution in [2.75, 3.05) is 5.32 Å². The number of anilines is 2.